The first-order valence-electron chi connectivity index (χ1n) is 15.1. The van der Waals surface area contributed by atoms with Crippen molar-refractivity contribution in [1.29, 1.82) is 0 Å². The maximum atomic E-state index is 14.3. The number of anilines is 1. The Labute approximate surface area is 267 Å². The minimum absolute atomic E-state index is 0.0385. The van der Waals surface area contributed by atoms with Crippen molar-refractivity contribution >= 4 is 17.5 Å². The fourth-order valence-corrected chi connectivity index (χ4v) is 5.93. The van der Waals surface area contributed by atoms with E-state index in [1.165, 1.54) is 0 Å². The van der Waals surface area contributed by atoms with E-state index in [1.807, 2.05) is 38.1 Å². The lowest BCUT2D eigenvalue weighted by Crippen LogP contribution is -2.64. The van der Waals surface area contributed by atoms with Crippen LogP contribution in [0.5, 0.6) is 11.5 Å². The number of likely N-dealkylation sites (tertiary alicyclic amines) is 1. The average molecular weight is 665 g/mol. The molecule has 0 radical (unpaired) electrons. The molecule has 2 aliphatic rings. The molecule has 47 heavy (non-hydrogen) atoms. The quantitative estimate of drug-likeness (QED) is 0.276. The molecule has 5 rings (SSSR count). The van der Waals surface area contributed by atoms with Gasteiger partial charge in [-0.2, -0.15) is 26.3 Å². The Morgan fingerprint density at radius 2 is 1.53 bits per heavy atom. The second-order valence-electron chi connectivity index (χ2n) is 11.8. The van der Waals surface area contributed by atoms with Crippen molar-refractivity contribution in [3.8, 4) is 11.5 Å². The molecule has 2 saturated heterocycles. The van der Waals surface area contributed by atoms with Crippen LogP contribution in [0.25, 0.3) is 0 Å². The number of amides is 2. The maximum Gasteiger partial charge on any atom is 0.417 e. The fourth-order valence-electron chi connectivity index (χ4n) is 5.93. The number of halogens is 6. The summed E-state index contributed by atoms with van der Waals surface area (Å²) < 4.78 is 93.2. The van der Waals surface area contributed by atoms with Crippen LogP contribution in [0.3, 0.4) is 0 Å². The third kappa shape index (κ3) is 7.57. The summed E-state index contributed by atoms with van der Waals surface area (Å²) in [5, 5.41) is 0. The summed E-state index contributed by atoms with van der Waals surface area (Å²) in [5.74, 6) is -0.843. The van der Waals surface area contributed by atoms with Crippen LogP contribution >= 0.6 is 0 Å². The molecule has 1 unspecified atom stereocenters. The highest BCUT2D eigenvalue weighted by molar-refractivity contribution is 5.96. The molecule has 1 aromatic heterocycles. The zero-order valence-electron chi connectivity index (χ0n) is 25.8. The van der Waals surface area contributed by atoms with Crippen molar-refractivity contribution in [3.05, 3.63) is 83.7 Å². The van der Waals surface area contributed by atoms with Gasteiger partial charge in [0.15, 0.2) is 0 Å². The third-order valence-electron chi connectivity index (χ3n) is 8.12. The Balaban J connectivity index is 1.42. The van der Waals surface area contributed by atoms with E-state index in [0.29, 0.717) is 24.9 Å². The lowest BCUT2D eigenvalue weighted by molar-refractivity contribution is -0.153. The number of pyridine rings is 1. The predicted octanol–water partition coefficient (Wildman–Crippen LogP) is 6.31. The molecule has 0 bridgehead atoms. The first-order valence-corrected chi connectivity index (χ1v) is 15.1. The molecule has 2 aromatic carbocycles. The number of benzene rings is 2. The van der Waals surface area contributed by atoms with E-state index in [2.05, 4.69) is 9.88 Å². The van der Waals surface area contributed by atoms with Gasteiger partial charge < -0.3 is 24.2 Å². The number of hydrogen-bond donors (Lipinski definition) is 0. The second kappa shape index (κ2) is 13.3. The Bertz CT molecular complexity index is 1570. The minimum atomic E-state index is -4.83. The number of carbonyl (C=O) groups is 2. The van der Waals surface area contributed by atoms with E-state index in [1.54, 1.807) is 4.90 Å². The number of para-hydroxylation sites is 2. The topological polar surface area (TPSA) is 75.2 Å². The van der Waals surface area contributed by atoms with Crippen molar-refractivity contribution in [2.75, 3.05) is 44.2 Å². The zero-order chi connectivity index (χ0) is 34.0. The van der Waals surface area contributed by atoms with E-state index < -0.39 is 53.0 Å². The lowest BCUT2D eigenvalue weighted by atomic mass is 9.89. The van der Waals surface area contributed by atoms with Crippen LogP contribution in [0.1, 0.15) is 48.2 Å². The molecule has 8 nitrogen and oxygen atoms in total. The summed E-state index contributed by atoms with van der Waals surface area (Å²) in [5.41, 5.74) is -3.67. The van der Waals surface area contributed by atoms with E-state index in [4.69, 9.17) is 9.47 Å². The van der Waals surface area contributed by atoms with Crippen LogP contribution in [0.2, 0.25) is 0 Å². The first-order chi connectivity index (χ1) is 22.2. The number of ether oxygens (including phenoxy) is 2. The normalized spacial score (nSPS) is 19.1. The largest absolute Gasteiger partial charge is 0.489 e. The summed E-state index contributed by atoms with van der Waals surface area (Å²) in [7, 11) is 0. The fraction of sp³-hybridized carbons (Fsp3) is 0.424. The molecule has 2 fully saturated rings. The molecule has 3 heterocycles. The number of aromatic nitrogens is 1. The van der Waals surface area contributed by atoms with Gasteiger partial charge in [0.2, 0.25) is 5.60 Å². The van der Waals surface area contributed by atoms with Gasteiger partial charge in [0.1, 0.15) is 11.5 Å². The Hall–Kier alpha value is -4.49. The first kappa shape index (κ1) is 33.9. The van der Waals surface area contributed by atoms with Gasteiger partial charge in [0.25, 0.3) is 11.8 Å². The molecule has 2 aliphatic heterocycles. The molecule has 1 atom stereocenters. The summed E-state index contributed by atoms with van der Waals surface area (Å²) in [6, 6.07) is 12.0. The number of nitrogens with zero attached hydrogens (tertiary/aromatic N) is 4. The number of hydrogen-bond acceptors (Lipinski definition) is 6. The number of piperidine rings is 1. The predicted molar refractivity (Wildman–Crippen MR) is 160 cm³/mol. The average Bonchev–Trinajstić information content (AvgIpc) is 3.04. The van der Waals surface area contributed by atoms with Crippen LogP contribution in [-0.4, -0.2) is 77.6 Å². The molecule has 3 aromatic rings. The molecule has 0 N–H and O–H groups in total. The van der Waals surface area contributed by atoms with Crippen molar-refractivity contribution in [2.45, 2.75) is 50.7 Å². The van der Waals surface area contributed by atoms with E-state index in [0.717, 1.165) is 47.2 Å². The Morgan fingerprint density at radius 3 is 2.17 bits per heavy atom. The molecule has 252 valence electrons. The van der Waals surface area contributed by atoms with Gasteiger partial charge in [-0.15, -0.1) is 0 Å². The molecular weight excluding hydrogens is 630 g/mol. The van der Waals surface area contributed by atoms with Crippen molar-refractivity contribution in [2.24, 2.45) is 0 Å². The van der Waals surface area contributed by atoms with Crippen molar-refractivity contribution < 1.29 is 45.4 Å². The van der Waals surface area contributed by atoms with Gasteiger partial charge in [-0.25, -0.2) is 0 Å². The molecule has 0 saturated carbocycles. The van der Waals surface area contributed by atoms with E-state index >= 15 is 0 Å². The van der Waals surface area contributed by atoms with Crippen LogP contribution in [0.4, 0.5) is 32.0 Å². The zero-order valence-corrected chi connectivity index (χ0v) is 25.8. The SMILES string of the molecule is CC(C)Oc1ccccc1N1CCN(C(=O)C2(Oc3ccc(C(F)(F)F)cc3)CCCN(C(=O)c3cnccc3C(F)(F)F)C2)CC1. The lowest BCUT2D eigenvalue weighted by Gasteiger charge is -2.45. The summed E-state index contributed by atoms with van der Waals surface area (Å²) in [6.07, 6.45) is -7.44. The summed E-state index contributed by atoms with van der Waals surface area (Å²) in [4.78, 5) is 36.3. The van der Waals surface area contributed by atoms with Gasteiger partial charge in [-0.3, -0.25) is 14.6 Å². The number of alkyl halides is 6. The molecule has 2 amide bonds. The third-order valence-corrected chi connectivity index (χ3v) is 8.12. The standard InChI is InChI=1S/C33H34F6N4O4/c1-22(2)46-28-7-4-3-6-27(28)41-16-18-42(19-17-41)30(45)31(47-24-10-8-23(9-11-24)32(34,35)36)13-5-15-43(21-31)29(44)25-20-40-14-12-26(25)33(37,38)39/h3-4,6-12,14,20,22H,5,13,15-19,21H2,1-2H3. The molecule has 0 spiro atoms. The molecule has 14 heteroatoms. The van der Waals surface area contributed by atoms with E-state index in [9.17, 15) is 35.9 Å². The van der Waals surface area contributed by atoms with Crippen LogP contribution in [0, 0.1) is 0 Å². The van der Waals surface area contributed by atoms with Crippen LogP contribution in [0.15, 0.2) is 67.0 Å². The van der Waals surface area contributed by atoms with Gasteiger partial charge in [-0.05, 0) is 69.2 Å². The van der Waals surface area contributed by atoms with Crippen molar-refractivity contribution in [1.82, 2.24) is 14.8 Å². The summed E-state index contributed by atoms with van der Waals surface area (Å²) >= 11 is 0. The van der Waals surface area contributed by atoms with Crippen LogP contribution < -0.4 is 14.4 Å². The van der Waals surface area contributed by atoms with Gasteiger partial charge >= 0.3 is 12.4 Å². The highest BCUT2D eigenvalue weighted by Gasteiger charge is 2.49. The Morgan fingerprint density at radius 1 is 0.851 bits per heavy atom. The monoisotopic (exact) mass is 664 g/mol. The second-order valence-corrected chi connectivity index (χ2v) is 11.8. The number of piperazine rings is 1. The minimum Gasteiger partial charge on any atom is -0.489 e. The van der Waals surface area contributed by atoms with Crippen molar-refractivity contribution in [3.63, 3.8) is 0 Å². The van der Waals surface area contributed by atoms with Gasteiger partial charge in [-0.1, -0.05) is 12.1 Å². The van der Waals surface area contributed by atoms with Gasteiger partial charge in [0.05, 0.1) is 35.0 Å². The number of carbonyl (C=O) groups excluding carboxylic acids is 2. The highest BCUT2D eigenvalue weighted by atomic mass is 19.4. The number of rotatable bonds is 7. The Kier molecular flexibility index (Phi) is 9.60. The van der Waals surface area contributed by atoms with E-state index in [-0.39, 0.29) is 44.3 Å². The maximum absolute atomic E-state index is 14.3. The summed E-state index contributed by atoms with van der Waals surface area (Å²) in [6.45, 7) is 4.81. The smallest absolute Gasteiger partial charge is 0.417 e. The molecular formula is C33H34F6N4O4. The van der Waals surface area contributed by atoms with Crippen LogP contribution in [-0.2, 0) is 17.1 Å². The molecule has 0 aliphatic carbocycles. The highest BCUT2D eigenvalue weighted by Crippen LogP contribution is 2.37. The van der Waals surface area contributed by atoms with Gasteiger partial charge in [0, 0.05) is 45.1 Å².